The molecule has 0 radical (unpaired) electrons. The highest BCUT2D eigenvalue weighted by molar-refractivity contribution is 8.14. The lowest BCUT2D eigenvalue weighted by atomic mass is 10.0. The summed E-state index contributed by atoms with van der Waals surface area (Å²) >= 11 is 1.44. The van der Waals surface area contributed by atoms with Crippen molar-refractivity contribution in [2.45, 2.75) is 25.8 Å². The number of benzene rings is 1. The third-order valence-corrected chi connectivity index (χ3v) is 4.16. The van der Waals surface area contributed by atoms with Crippen LogP contribution in [0.3, 0.4) is 0 Å². The molecule has 0 aliphatic carbocycles. The van der Waals surface area contributed by atoms with Gasteiger partial charge >= 0.3 is 0 Å². The van der Waals surface area contributed by atoms with Crippen LogP contribution in [-0.2, 0) is 0 Å². The van der Waals surface area contributed by atoms with E-state index in [0.717, 1.165) is 18.2 Å². The summed E-state index contributed by atoms with van der Waals surface area (Å²) < 4.78 is 39.3. The van der Waals surface area contributed by atoms with E-state index in [1.165, 1.54) is 17.8 Å². The summed E-state index contributed by atoms with van der Waals surface area (Å²) in [4.78, 5) is 4.41. The number of amidine groups is 1. The Morgan fingerprint density at radius 3 is 2.67 bits per heavy atom. The van der Waals surface area contributed by atoms with Gasteiger partial charge in [-0.05, 0) is 25.5 Å². The Balaban J connectivity index is 2.21. The Morgan fingerprint density at radius 2 is 2.06 bits per heavy atom. The molecule has 1 aromatic rings. The van der Waals surface area contributed by atoms with Crippen LogP contribution in [0, 0.1) is 17.5 Å². The second kappa shape index (κ2) is 4.84. The maximum Gasteiger partial charge on any atom is 0.196 e. The molecule has 0 fully saturated rings. The minimum absolute atomic E-state index is 0.0968. The van der Waals surface area contributed by atoms with Gasteiger partial charge in [-0.15, -0.1) is 0 Å². The quantitative estimate of drug-likeness (QED) is 0.830. The Kier molecular flexibility index (Phi) is 3.56. The third kappa shape index (κ3) is 2.48. The first-order chi connectivity index (χ1) is 8.45. The van der Waals surface area contributed by atoms with E-state index in [1.807, 2.05) is 13.8 Å². The van der Waals surface area contributed by atoms with Gasteiger partial charge in [0.2, 0.25) is 0 Å². The Hall–Kier alpha value is -1.17. The molecular formula is C12H13F3N2S. The molecule has 6 heteroatoms. The van der Waals surface area contributed by atoms with E-state index in [2.05, 4.69) is 10.3 Å². The van der Waals surface area contributed by atoms with Gasteiger partial charge in [0.1, 0.15) is 0 Å². The minimum Gasteiger partial charge on any atom is -0.332 e. The zero-order valence-electron chi connectivity index (χ0n) is 10.1. The lowest BCUT2D eigenvalue weighted by Gasteiger charge is -2.15. The van der Waals surface area contributed by atoms with Gasteiger partial charge in [-0.3, -0.25) is 4.99 Å². The molecule has 0 saturated carbocycles. The first kappa shape index (κ1) is 13.3. The van der Waals surface area contributed by atoms with Gasteiger partial charge in [-0.1, -0.05) is 18.7 Å². The van der Waals surface area contributed by atoms with E-state index in [1.54, 1.807) is 0 Å². The van der Waals surface area contributed by atoms with E-state index in [0.29, 0.717) is 5.17 Å². The molecule has 2 nitrogen and oxygen atoms in total. The summed E-state index contributed by atoms with van der Waals surface area (Å²) in [5.74, 6) is -3.10. The SMILES string of the molecule is CCC1(C)CSC(Nc2ccc(F)c(F)c2F)=N1. The first-order valence-electron chi connectivity index (χ1n) is 5.58. The Bertz CT molecular complexity index is 504. The van der Waals surface area contributed by atoms with Crippen molar-refractivity contribution in [1.82, 2.24) is 0 Å². The number of nitrogens with zero attached hydrogens (tertiary/aromatic N) is 1. The zero-order chi connectivity index (χ0) is 13.3. The smallest absolute Gasteiger partial charge is 0.196 e. The molecule has 0 aromatic heterocycles. The van der Waals surface area contributed by atoms with Crippen LogP contribution in [0.25, 0.3) is 0 Å². The van der Waals surface area contributed by atoms with Gasteiger partial charge < -0.3 is 5.32 Å². The number of aliphatic imine (C=N–C) groups is 1. The minimum atomic E-state index is -1.47. The van der Waals surface area contributed by atoms with Crippen molar-refractivity contribution in [3.63, 3.8) is 0 Å². The van der Waals surface area contributed by atoms with Crippen molar-refractivity contribution in [3.05, 3.63) is 29.6 Å². The van der Waals surface area contributed by atoms with Crippen LogP contribution in [0.2, 0.25) is 0 Å². The maximum absolute atomic E-state index is 13.4. The number of hydrogen-bond acceptors (Lipinski definition) is 3. The molecule has 18 heavy (non-hydrogen) atoms. The van der Waals surface area contributed by atoms with E-state index in [-0.39, 0.29) is 11.2 Å². The summed E-state index contributed by atoms with van der Waals surface area (Å²) in [5.41, 5.74) is -0.275. The lowest BCUT2D eigenvalue weighted by Crippen LogP contribution is -2.20. The molecule has 0 spiro atoms. The van der Waals surface area contributed by atoms with E-state index in [4.69, 9.17) is 0 Å². The van der Waals surface area contributed by atoms with Crippen LogP contribution < -0.4 is 5.32 Å². The fourth-order valence-corrected chi connectivity index (χ4v) is 2.70. The topological polar surface area (TPSA) is 24.4 Å². The molecule has 1 N–H and O–H groups in total. The number of anilines is 1. The lowest BCUT2D eigenvalue weighted by molar-refractivity contribution is 0.449. The monoisotopic (exact) mass is 274 g/mol. The fraction of sp³-hybridized carbons (Fsp3) is 0.417. The largest absolute Gasteiger partial charge is 0.332 e. The normalized spacial score (nSPS) is 23.1. The van der Waals surface area contributed by atoms with Crippen molar-refractivity contribution in [3.8, 4) is 0 Å². The van der Waals surface area contributed by atoms with E-state index in [9.17, 15) is 13.2 Å². The van der Waals surface area contributed by atoms with Crippen LogP contribution >= 0.6 is 11.8 Å². The molecule has 0 bridgehead atoms. The summed E-state index contributed by atoms with van der Waals surface area (Å²) in [6.07, 6.45) is 0.867. The van der Waals surface area contributed by atoms with E-state index < -0.39 is 17.5 Å². The fourth-order valence-electron chi connectivity index (χ4n) is 1.52. The van der Waals surface area contributed by atoms with Crippen molar-refractivity contribution in [1.29, 1.82) is 0 Å². The van der Waals surface area contributed by atoms with Gasteiger partial charge in [0, 0.05) is 5.75 Å². The molecule has 1 aliphatic rings. The average Bonchev–Trinajstić information content (AvgIpc) is 2.73. The molecule has 2 rings (SSSR count). The summed E-state index contributed by atoms with van der Waals surface area (Å²) in [6.45, 7) is 4.02. The third-order valence-electron chi connectivity index (χ3n) is 2.93. The highest BCUT2D eigenvalue weighted by Gasteiger charge is 2.29. The van der Waals surface area contributed by atoms with Crippen LogP contribution in [-0.4, -0.2) is 16.5 Å². The molecular weight excluding hydrogens is 261 g/mol. The van der Waals surface area contributed by atoms with Crippen molar-refractivity contribution < 1.29 is 13.2 Å². The molecule has 1 unspecified atom stereocenters. The molecule has 1 heterocycles. The molecule has 1 aliphatic heterocycles. The van der Waals surface area contributed by atoms with Gasteiger partial charge in [-0.25, -0.2) is 13.2 Å². The van der Waals surface area contributed by atoms with Gasteiger partial charge in [0.15, 0.2) is 22.6 Å². The molecule has 1 aromatic carbocycles. The first-order valence-corrected chi connectivity index (χ1v) is 6.57. The zero-order valence-corrected chi connectivity index (χ0v) is 10.9. The molecule has 0 saturated heterocycles. The van der Waals surface area contributed by atoms with Crippen LogP contribution in [0.4, 0.5) is 18.9 Å². The Morgan fingerprint density at radius 1 is 1.33 bits per heavy atom. The van der Waals surface area contributed by atoms with E-state index >= 15 is 0 Å². The predicted octanol–water partition coefficient (Wildman–Crippen LogP) is 3.79. The summed E-state index contributed by atoms with van der Waals surface area (Å²) in [7, 11) is 0. The van der Waals surface area contributed by atoms with Gasteiger partial charge in [0.25, 0.3) is 0 Å². The summed E-state index contributed by atoms with van der Waals surface area (Å²) in [5, 5.41) is 3.23. The van der Waals surface area contributed by atoms with Gasteiger partial charge in [-0.2, -0.15) is 0 Å². The highest BCUT2D eigenvalue weighted by atomic mass is 32.2. The number of rotatable bonds is 2. The number of thioether (sulfide) groups is 1. The number of hydrogen-bond donors (Lipinski definition) is 1. The van der Waals surface area contributed by atoms with Crippen LogP contribution in [0.5, 0.6) is 0 Å². The van der Waals surface area contributed by atoms with Crippen LogP contribution in [0.1, 0.15) is 20.3 Å². The maximum atomic E-state index is 13.4. The summed E-state index contributed by atoms with van der Waals surface area (Å²) in [6, 6.07) is 2.05. The van der Waals surface area contributed by atoms with Gasteiger partial charge in [0.05, 0.1) is 11.2 Å². The number of nitrogens with one attached hydrogen (secondary N) is 1. The van der Waals surface area contributed by atoms with Crippen molar-refractivity contribution in [2.75, 3.05) is 11.1 Å². The Labute approximate surface area is 108 Å². The van der Waals surface area contributed by atoms with Crippen molar-refractivity contribution >= 4 is 22.6 Å². The molecule has 1 atom stereocenters. The molecule has 98 valence electrons. The van der Waals surface area contributed by atoms with Crippen molar-refractivity contribution in [2.24, 2.45) is 4.99 Å². The molecule has 0 amide bonds. The second-order valence-corrected chi connectivity index (χ2v) is 5.37. The standard InChI is InChI=1S/C12H13F3N2S/c1-3-12(2)6-18-11(17-12)16-8-5-4-7(13)9(14)10(8)15/h4-5H,3,6H2,1-2H3,(H,16,17). The average molecular weight is 274 g/mol. The van der Waals surface area contributed by atoms with Crippen LogP contribution in [0.15, 0.2) is 17.1 Å². The highest BCUT2D eigenvalue weighted by Crippen LogP contribution is 2.31. The number of halogens is 3. The second-order valence-electron chi connectivity index (χ2n) is 4.40. The predicted molar refractivity (Wildman–Crippen MR) is 68.5 cm³/mol.